The smallest absolute Gasteiger partial charge is 0.133 e. The first-order valence-corrected chi connectivity index (χ1v) is 4.44. The first kappa shape index (κ1) is 7.75. The maximum atomic E-state index is 8.42. The predicted octanol–water partition coefficient (Wildman–Crippen LogP) is 1.34. The number of thioether (sulfide) groups is 1. The van der Waals surface area contributed by atoms with Crippen molar-refractivity contribution in [1.29, 1.82) is 5.26 Å². The van der Waals surface area contributed by atoms with Gasteiger partial charge >= 0.3 is 0 Å². The highest BCUT2D eigenvalue weighted by Crippen LogP contribution is 2.30. The van der Waals surface area contributed by atoms with Crippen LogP contribution in [0.15, 0.2) is 12.2 Å². The van der Waals surface area contributed by atoms with Crippen molar-refractivity contribution in [1.82, 2.24) is 0 Å². The quantitative estimate of drug-likeness (QED) is 0.320. The maximum absolute atomic E-state index is 8.42. The highest BCUT2D eigenvalue weighted by Gasteiger charge is 2.16. The van der Waals surface area contributed by atoms with E-state index in [9.17, 15) is 0 Å². The van der Waals surface area contributed by atoms with Crippen LogP contribution < -0.4 is 0 Å². The van der Waals surface area contributed by atoms with Crippen LogP contribution in [0.4, 0.5) is 0 Å². The van der Waals surface area contributed by atoms with Gasteiger partial charge in [-0.3, -0.25) is 0 Å². The summed E-state index contributed by atoms with van der Waals surface area (Å²) in [6.45, 7) is 0. The Bertz CT molecular complexity index is 173. The van der Waals surface area contributed by atoms with Gasteiger partial charge in [0.2, 0.25) is 0 Å². The van der Waals surface area contributed by atoms with Gasteiger partial charge in [0.25, 0.3) is 0 Å². The lowest BCUT2D eigenvalue weighted by molar-refractivity contribution is 0.740. The van der Waals surface area contributed by atoms with Crippen molar-refractivity contribution in [3.8, 4) is 5.40 Å². The van der Waals surface area contributed by atoms with E-state index in [1.165, 1.54) is 24.6 Å². The molecule has 1 rings (SSSR count). The molecule has 0 bridgehead atoms. The molecule has 0 aromatic carbocycles. The van der Waals surface area contributed by atoms with Crippen LogP contribution in [0, 0.1) is 10.7 Å². The number of hydrogen-bond donors (Lipinski definition) is 0. The summed E-state index contributed by atoms with van der Waals surface area (Å²) in [5.41, 5.74) is 0. The summed E-state index contributed by atoms with van der Waals surface area (Å²) in [6.07, 6.45) is 6.75. The maximum Gasteiger partial charge on any atom is 0.133 e. The highest BCUT2D eigenvalue weighted by molar-refractivity contribution is 8.04. The average molecular weight is 151 g/mol. The van der Waals surface area contributed by atoms with Gasteiger partial charge < -0.3 is 0 Å². The Morgan fingerprint density at radius 2 is 2.50 bits per heavy atom. The fourth-order valence-corrected chi connectivity index (χ4v) is 1.84. The zero-order valence-corrected chi connectivity index (χ0v) is 6.90. The van der Waals surface area contributed by atoms with E-state index in [1.54, 1.807) is 0 Å². The zero-order valence-electron chi connectivity index (χ0n) is 6.08. The fraction of sp³-hybridized carbons (Fsp3) is 0.571. The summed E-state index contributed by atoms with van der Waals surface area (Å²) >= 11 is 1.38. The summed E-state index contributed by atoms with van der Waals surface area (Å²) in [7, 11) is 2.21. The third-order valence-corrected chi connectivity index (χ3v) is 2.86. The Balaban J connectivity index is 2.48. The van der Waals surface area contributed by atoms with E-state index in [0.717, 1.165) is 0 Å². The molecule has 10 heavy (non-hydrogen) atoms. The number of allylic oxidation sites excluding steroid dienone is 1. The Labute approximate surface area is 66.9 Å². The summed E-state index contributed by atoms with van der Waals surface area (Å²) in [5, 5.41) is 11.0. The number of nitrogens with zero attached hydrogens (tertiary/aromatic N) is 1. The van der Waals surface area contributed by atoms with Crippen LogP contribution in [0.3, 0.4) is 0 Å². The molecule has 3 heteroatoms. The standard InChI is InChI=1S/C7H10BNS/c8-6-3-1-2-4-7(6)10-5-9/h2,4,6-7H,1,3,8H2. The molecule has 0 aromatic heterocycles. The molecule has 0 N–H and O–H groups in total. The van der Waals surface area contributed by atoms with Gasteiger partial charge in [0.1, 0.15) is 13.2 Å². The van der Waals surface area contributed by atoms with Crippen molar-refractivity contribution in [2.75, 3.05) is 0 Å². The van der Waals surface area contributed by atoms with E-state index in [0.29, 0.717) is 11.1 Å². The van der Waals surface area contributed by atoms with E-state index in [-0.39, 0.29) is 0 Å². The lowest BCUT2D eigenvalue weighted by Gasteiger charge is -2.20. The van der Waals surface area contributed by atoms with E-state index < -0.39 is 0 Å². The zero-order chi connectivity index (χ0) is 7.40. The molecular weight excluding hydrogens is 141 g/mol. The first-order valence-electron chi connectivity index (χ1n) is 3.56. The molecule has 2 unspecified atom stereocenters. The lowest BCUT2D eigenvalue weighted by atomic mass is 9.78. The molecule has 2 atom stereocenters. The Hall–Kier alpha value is -0.355. The number of thiocyanates is 1. The molecule has 0 amide bonds. The van der Waals surface area contributed by atoms with Crippen LogP contribution >= 0.6 is 11.8 Å². The van der Waals surface area contributed by atoms with Crippen molar-refractivity contribution in [2.24, 2.45) is 0 Å². The van der Waals surface area contributed by atoms with Crippen molar-refractivity contribution in [3.63, 3.8) is 0 Å². The molecule has 52 valence electrons. The average Bonchev–Trinajstić information content (AvgIpc) is 1.94. The third kappa shape index (κ3) is 1.81. The van der Waals surface area contributed by atoms with Gasteiger partial charge in [-0.1, -0.05) is 24.4 Å². The molecule has 0 fully saturated rings. The van der Waals surface area contributed by atoms with Gasteiger partial charge in [-0.05, 0) is 18.2 Å². The summed E-state index contributed by atoms with van der Waals surface area (Å²) < 4.78 is 0. The molecule has 0 heterocycles. The second-order valence-corrected chi connectivity index (χ2v) is 3.62. The van der Waals surface area contributed by atoms with Crippen LogP contribution in [-0.2, 0) is 0 Å². The molecule has 0 aromatic rings. The molecule has 1 aliphatic rings. The fourth-order valence-electron chi connectivity index (χ4n) is 1.16. The van der Waals surface area contributed by atoms with Crippen molar-refractivity contribution in [2.45, 2.75) is 23.9 Å². The summed E-state index contributed by atoms with van der Waals surface area (Å²) in [5.74, 6) is 0.676. The molecule has 0 saturated carbocycles. The largest absolute Gasteiger partial charge is 0.185 e. The van der Waals surface area contributed by atoms with Gasteiger partial charge in [-0.2, -0.15) is 5.26 Å². The first-order chi connectivity index (χ1) is 4.84. The third-order valence-electron chi connectivity index (χ3n) is 1.86. The van der Waals surface area contributed by atoms with Gasteiger partial charge in [0.05, 0.1) is 0 Å². The van der Waals surface area contributed by atoms with Gasteiger partial charge in [-0.15, -0.1) is 0 Å². The minimum Gasteiger partial charge on any atom is -0.185 e. The summed E-state index contributed by atoms with van der Waals surface area (Å²) in [6, 6.07) is 0. The van der Waals surface area contributed by atoms with E-state index >= 15 is 0 Å². The van der Waals surface area contributed by atoms with Crippen LogP contribution in [0.1, 0.15) is 12.8 Å². The van der Waals surface area contributed by atoms with Crippen molar-refractivity contribution >= 4 is 19.6 Å². The lowest BCUT2D eigenvalue weighted by Crippen LogP contribution is -2.11. The Kier molecular flexibility index (Phi) is 2.89. The molecule has 1 nitrogen and oxygen atoms in total. The second kappa shape index (κ2) is 3.73. The van der Waals surface area contributed by atoms with Gasteiger partial charge in [-0.25, -0.2) is 0 Å². The minimum absolute atomic E-state index is 0.443. The van der Waals surface area contributed by atoms with E-state index in [2.05, 4.69) is 25.4 Å². The number of hydrogen-bond acceptors (Lipinski definition) is 2. The molecule has 1 aliphatic carbocycles. The van der Waals surface area contributed by atoms with Crippen molar-refractivity contribution in [3.05, 3.63) is 12.2 Å². The monoisotopic (exact) mass is 151 g/mol. The van der Waals surface area contributed by atoms with E-state index in [4.69, 9.17) is 5.26 Å². The predicted molar refractivity (Wildman–Crippen MR) is 47.7 cm³/mol. The Morgan fingerprint density at radius 1 is 1.70 bits per heavy atom. The Morgan fingerprint density at radius 3 is 3.10 bits per heavy atom. The van der Waals surface area contributed by atoms with E-state index in [1.807, 2.05) is 0 Å². The number of nitriles is 1. The molecule has 0 aliphatic heterocycles. The van der Waals surface area contributed by atoms with Crippen LogP contribution in [-0.4, -0.2) is 13.1 Å². The number of rotatable bonds is 1. The van der Waals surface area contributed by atoms with Crippen molar-refractivity contribution < 1.29 is 0 Å². The summed E-state index contributed by atoms with van der Waals surface area (Å²) in [4.78, 5) is 0. The van der Waals surface area contributed by atoms with Gasteiger partial charge in [0.15, 0.2) is 0 Å². The van der Waals surface area contributed by atoms with Gasteiger partial charge in [0, 0.05) is 5.25 Å². The SMILES string of the molecule is BC1CCC=CC1SC#N. The van der Waals surface area contributed by atoms with Crippen LogP contribution in [0.2, 0.25) is 5.82 Å². The second-order valence-electron chi connectivity index (χ2n) is 2.66. The molecule has 0 spiro atoms. The van der Waals surface area contributed by atoms with Crippen LogP contribution in [0.5, 0.6) is 0 Å². The normalized spacial score (nSPS) is 31.5. The molecule has 0 saturated heterocycles. The van der Waals surface area contributed by atoms with Crippen LogP contribution in [0.25, 0.3) is 0 Å². The topological polar surface area (TPSA) is 23.8 Å². The molecular formula is C7H10BNS. The molecule has 0 radical (unpaired) electrons. The highest BCUT2D eigenvalue weighted by atomic mass is 32.2. The minimum atomic E-state index is 0.443.